The highest BCUT2D eigenvalue weighted by Crippen LogP contribution is 2.43. The van der Waals surface area contributed by atoms with Crippen LogP contribution in [0.3, 0.4) is 0 Å². The van der Waals surface area contributed by atoms with Gasteiger partial charge in [0.05, 0.1) is 0 Å². The Labute approximate surface area is 165 Å². The number of fused-ring (bicyclic) bond motifs is 2. The summed E-state index contributed by atoms with van der Waals surface area (Å²) in [4.78, 5) is 3.48. The van der Waals surface area contributed by atoms with Crippen LogP contribution in [0.4, 0.5) is 5.69 Å². The highest BCUT2D eigenvalue weighted by atomic mass is 32.1. The summed E-state index contributed by atoms with van der Waals surface area (Å²) < 4.78 is 3.48. The number of hydrogen-bond acceptors (Lipinski definition) is 2. The minimum atomic E-state index is 1.23. The predicted molar refractivity (Wildman–Crippen MR) is 120 cm³/mol. The monoisotopic (exact) mass is 373 g/mol. The highest BCUT2D eigenvalue weighted by Gasteiger charge is 2.16. The van der Waals surface area contributed by atoms with E-state index in [1.54, 1.807) is 0 Å². The largest absolute Gasteiger partial charge is 0.378 e. The minimum absolute atomic E-state index is 1.23. The summed E-state index contributed by atoms with van der Waals surface area (Å²) in [5, 5.41) is 2.55. The first kappa shape index (κ1) is 17.7. The van der Waals surface area contributed by atoms with Crippen LogP contribution in [0.1, 0.15) is 5.56 Å². The van der Waals surface area contributed by atoms with Gasteiger partial charge in [-0.25, -0.2) is 4.58 Å². The van der Waals surface area contributed by atoms with Gasteiger partial charge in [-0.1, -0.05) is 35.9 Å². The first-order chi connectivity index (χ1) is 12.9. The second-order valence-corrected chi connectivity index (χ2v) is 8.58. The van der Waals surface area contributed by atoms with Crippen LogP contribution >= 0.6 is 11.3 Å². The van der Waals surface area contributed by atoms with Gasteiger partial charge in [0, 0.05) is 52.4 Å². The molecule has 0 N–H and O–H groups in total. The lowest BCUT2D eigenvalue weighted by Crippen LogP contribution is -2.21. The molecule has 0 atom stereocenters. The Bertz CT molecular complexity index is 1160. The Morgan fingerprint density at radius 2 is 1.59 bits per heavy atom. The van der Waals surface area contributed by atoms with Crippen molar-refractivity contribution in [2.45, 2.75) is 6.92 Å². The van der Waals surface area contributed by atoms with E-state index in [2.05, 4.69) is 105 Å². The standard InChI is InChI=1S/C24H25N2S/c1-16-6-8-17(9-7-16)24-20-12-10-18(25(2)3)14-22(20)27-23-15-19(26(4)5)11-13-21(23)24/h6-15H,1-5H3/q+1. The van der Waals surface area contributed by atoms with Crippen molar-refractivity contribution in [1.29, 1.82) is 0 Å². The van der Waals surface area contributed by atoms with Crippen LogP contribution in [0.15, 0.2) is 60.7 Å². The summed E-state index contributed by atoms with van der Waals surface area (Å²) in [6.07, 6.45) is 0. The zero-order valence-corrected chi connectivity index (χ0v) is 17.4. The van der Waals surface area contributed by atoms with E-state index in [9.17, 15) is 0 Å². The average molecular weight is 374 g/mol. The van der Waals surface area contributed by atoms with Gasteiger partial charge in [0.2, 0.25) is 5.36 Å². The number of benzene rings is 3. The predicted octanol–water partition coefficient (Wildman–Crippen LogP) is 5.08. The molecule has 2 aromatic carbocycles. The molecule has 0 bridgehead atoms. The summed E-state index contributed by atoms with van der Waals surface area (Å²) in [7, 11) is 8.38. The first-order valence-corrected chi connectivity index (χ1v) is 10.0. The fraction of sp³-hybridized carbons (Fsp3) is 0.208. The maximum Gasteiger partial charge on any atom is 0.200 e. The molecule has 0 spiro atoms. The Morgan fingerprint density at radius 1 is 0.852 bits per heavy atom. The smallest absolute Gasteiger partial charge is 0.200 e. The number of hydrogen-bond donors (Lipinski definition) is 0. The van der Waals surface area contributed by atoms with Gasteiger partial charge in [0.15, 0.2) is 0 Å². The zero-order chi connectivity index (χ0) is 19.1. The summed E-state index contributed by atoms with van der Waals surface area (Å²) in [5.74, 6) is 0. The lowest BCUT2D eigenvalue weighted by molar-refractivity contribution is 0.814. The van der Waals surface area contributed by atoms with Crippen molar-refractivity contribution in [3.63, 3.8) is 0 Å². The van der Waals surface area contributed by atoms with E-state index in [1.807, 2.05) is 11.3 Å². The first-order valence-electron chi connectivity index (χ1n) is 9.19. The van der Waals surface area contributed by atoms with E-state index < -0.39 is 0 Å². The van der Waals surface area contributed by atoms with Crippen LogP contribution in [0, 0.1) is 6.92 Å². The van der Waals surface area contributed by atoms with Crippen LogP contribution in [0.25, 0.3) is 31.7 Å². The summed E-state index contributed by atoms with van der Waals surface area (Å²) >= 11 is 1.87. The van der Waals surface area contributed by atoms with Crippen LogP contribution in [-0.2, 0) is 0 Å². The molecule has 1 heterocycles. The molecule has 0 radical (unpaired) electrons. The molecule has 27 heavy (non-hydrogen) atoms. The Morgan fingerprint density at radius 3 is 2.26 bits per heavy atom. The fourth-order valence-corrected chi connectivity index (χ4v) is 4.61. The van der Waals surface area contributed by atoms with Gasteiger partial charge in [0.25, 0.3) is 0 Å². The second-order valence-electron chi connectivity index (χ2n) is 7.49. The second kappa shape index (κ2) is 6.82. The molecule has 0 saturated carbocycles. The van der Waals surface area contributed by atoms with Crippen molar-refractivity contribution in [2.75, 3.05) is 33.1 Å². The van der Waals surface area contributed by atoms with E-state index >= 15 is 0 Å². The highest BCUT2D eigenvalue weighted by molar-refractivity contribution is 7.21. The molecular formula is C24H25N2S+. The number of anilines is 1. The summed E-state index contributed by atoms with van der Waals surface area (Å²) in [5.41, 5.74) is 6.44. The SMILES string of the molecule is Cc1ccc(-c2c3ccc(=[N+](C)C)cc-3sc3cc(N(C)C)ccc23)cc1. The van der Waals surface area contributed by atoms with Crippen molar-refractivity contribution in [3.05, 3.63) is 71.6 Å². The normalized spacial score (nSPS) is 11.1. The van der Waals surface area contributed by atoms with Gasteiger partial charge >= 0.3 is 0 Å². The molecule has 0 unspecified atom stereocenters. The van der Waals surface area contributed by atoms with Gasteiger partial charge in [-0.2, -0.15) is 0 Å². The van der Waals surface area contributed by atoms with Crippen LogP contribution in [-0.4, -0.2) is 28.2 Å². The third-order valence-corrected chi connectivity index (χ3v) is 6.18. The molecule has 1 aliphatic heterocycles. The van der Waals surface area contributed by atoms with Crippen LogP contribution in [0.5, 0.6) is 0 Å². The quantitative estimate of drug-likeness (QED) is 0.351. The lowest BCUT2D eigenvalue weighted by Gasteiger charge is -2.18. The molecular weight excluding hydrogens is 348 g/mol. The lowest BCUT2D eigenvalue weighted by atomic mass is 9.94. The maximum atomic E-state index is 2.31. The molecule has 4 rings (SSSR count). The van der Waals surface area contributed by atoms with Gasteiger partial charge in [-0.3, -0.25) is 0 Å². The van der Waals surface area contributed by atoms with E-state index in [4.69, 9.17) is 0 Å². The van der Waals surface area contributed by atoms with E-state index in [0.717, 1.165) is 0 Å². The molecule has 0 aromatic heterocycles. The topological polar surface area (TPSA) is 6.25 Å². The Hall–Kier alpha value is -2.65. The molecule has 0 saturated heterocycles. The molecule has 2 aromatic rings. The van der Waals surface area contributed by atoms with Crippen LogP contribution in [0.2, 0.25) is 0 Å². The van der Waals surface area contributed by atoms with Crippen molar-refractivity contribution in [1.82, 2.24) is 4.58 Å². The van der Waals surface area contributed by atoms with Crippen LogP contribution < -0.4 is 14.8 Å². The van der Waals surface area contributed by atoms with Gasteiger partial charge in [0.1, 0.15) is 14.1 Å². The zero-order valence-electron chi connectivity index (χ0n) is 16.6. The third kappa shape index (κ3) is 3.24. The van der Waals surface area contributed by atoms with Crippen molar-refractivity contribution in [2.24, 2.45) is 0 Å². The van der Waals surface area contributed by atoms with E-state index in [0.29, 0.717) is 0 Å². The molecule has 2 aliphatic rings. The van der Waals surface area contributed by atoms with E-state index in [1.165, 1.54) is 48.3 Å². The number of aryl methyl sites for hydroxylation is 1. The molecule has 3 heteroatoms. The Balaban J connectivity index is 2.13. The minimum Gasteiger partial charge on any atom is -0.378 e. The summed E-state index contributed by atoms with van der Waals surface area (Å²) in [6.45, 7) is 2.14. The fourth-order valence-electron chi connectivity index (χ4n) is 3.46. The molecule has 0 amide bonds. The third-order valence-electron chi connectivity index (χ3n) is 5.06. The molecule has 1 aliphatic carbocycles. The van der Waals surface area contributed by atoms with Gasteiger partial charge in [-0.05, 0) is 36.2 Å². The number of rotatable bonds is 2. The summed E-state index contributed by atoms with van der Waals surface area (Å²) in [6, 6.07) is 22.5. The van der Waals surface area contributed by atoms with Crippen molar-refractivity contribution in [3.8, 4) is 21.6 Å². The molecule has 2 nitrogen and oxygen atoms in total. The van der Waals surface area contributed by atoms with Gasteiger partial charge < -0.3 is 4.90 Å². The number of nitrogens with zero attached hydrogens (tertiary/aromatic N) is 2. The Kier molecular flexibility index (Phi) is 4.48. The average Bonchev–Trinajstić information content (AvgIpc) is 2.66. The molecule has 0 fully saturated rings. The molecule has 136 valence electrons. The van der Waals surface area contributed by atoms with Crippen molar-refractivity contribution >= 4 is 27.1 Å². The van der Waals surface area contributed by atoms with Gasteiger partial charge in [-0.15, -0.1) is 11.3 Å². The maximum absolute atomic E-state index is 2.31. The van der Waals surface area contributed by atoms with Crippen molar-refractivity contribution < 1.29 is 0 Å². The van der Waals surface area contributed by atoms with E-state index in [-0.39, 0.29) is 0 Å².